The molecule has 44 heavy (non-hydrogen) atoms. The molecule has 0 unspecified atom stereocenters. The molecule has 2 aromatic carbocycles. The van der Waals surface area contributed by atoms with E-state index in [-0.39, 0.29) is 36.3 Å². The number of fused-ring (bicyclic) bond motifs is 4. The van der Waals surface area contributed by atoms with Gasteiger partial charge < -0.3 is 41.2 Å². The molecule has 0 spiro atoms. The maximum absolute atomic E-state index is 14.6. The van der Waals surface area contributed by atoms with E-state index in [4.69, 9.17) is 9.47 Å². The van der Waals surface area contributed by atoms with Gasteiger partial charge in [-0.15, -0.1) is 0 Å². The minimum Gasteiger partial charge on any atom is -0.493 e. The van der Waals surface area contributed by atoms with Crippen molar-refractivity contribution in [2.75, 3.05) is 26.7 Å². The second-order valence-corrected chi connectivity index (χ2v) is 10.7. The minimum absolute atomic E-state index is 0.0834. The number of nitrogens with one attached hydrogen (secondary N) is 5. The number of aliphatic hydroxyl groups is 1. The monoisotopic (exact) mass is 615 g/mol. The average Bonchev–Trinajstić information content (AvgIpc) is 2.99. The Balaban J connectivity index is 1.90. The predicted molar refractivity (Wildman–Crippen MR) is 161 cm³/mol. The molecular formula is C31H42FN5O7. The highest BCUT2D eigenvalue weighted by Crippen LogP contribution is 2.33. The zero-order valence-corrected chi connectivity index (χ0v) is 25.5. The SMILES string of the molecule is CC[C@H](C)[C@@H]1NC(=O)[C@H]([C@@H](C)O)NC(=O)CCCNCCNC(=O)c2ccc(OC)c(c2)Oc2cc(F)cc(c2)CNC1=O. The summed E-state index contributed by atoms with van der Waals surface area (Å²) in [6.07, 6.45) is -0.126. The van der Waals surface area contributed by atoms with E-state index >= 15 is 0 Å². The molecule has 1 aliphatic heterocycles. The van der Waals surface area contributed by atoms with Gasteiger partial charge in [-0.05, 0) is 61.7 Å². The third-order valence-corrected chi connectivity index (χ3v) is 7.27. The Morgan fingerprint density at radius 2 is 1.75 bits per heavy atom. The number of hydrogen-bond acceptors (Lipinski definition) is 8. The topological polar surface area (TPSA) is 167 Å². The van der Waals surface area contributed by atoms with Gasteiger partial charge in [-0.1, -0.05) is 20.3 Å². The fraction of sp³-hybridized carbons (Fsp3) is 0.484. The van der Waals surface area contributed by atoms with E-state index < -0.39 is 41.7 Å². The number of carbonyl (C=O) groups excluding carboxylic acids is 4. The van der Waals surface area contributed by atoms with Gasteiger partial charge in [-0.25, -0.2) is 4.39 Å². The average molecular weight is 616 g/mol. The van der Waals surface area contributed by atoms with Gasteiger partial charge in [0, 0.05) is 37.7 Å². The van der Waals surface area contributed by atoms with E-state index in [1.807, 2.05) is 6.92 Å². The lowest BCUT2D eigenvalue weighted by Gasteiger charge is -2.27. The summed E-state index contributed by atoms with van der Waals surface area (Å²) in [4.78, 5) is 51.7. The van der Waals surface area contributed by atoms with E-state index in [0.717, 1.165) is 0 Å². The van der Waals surface area contributed by atoms with Crippen LogP contribution in [-0.2, 0) is 20.9 Å². The maximum atomic E-state index is 14.6. The second kappa shape index (κ2) is 16.6. The third kappa shape index (κ3) is 9.91. The smallest absolute Gasteiger partial charge is 0.251 e. The summed E-state index contributed by atoms with van der Waals surface area (Å²) in [6, 6.07) is 6.33. The number of ether oxygens (including phenoxy) is 2. The molecule has 0 radical (unpaired) electrons. The lowest BCUT2D eigenvalue weighted by Crippen LogP contribution is -2.58. The second-order valence-electron chi connectivity index (χ2n) is 10.7. The Kier molecular flexibility index (Phi) is 12.9. The van der Waals surface area contributed by atoms with Crippen LogP contribution in [0, 0.1) is 11.7 Å². The Morgan fingerprint density at radius 3 is 2.45 bits per heavy atom. The molecule has 1 aliphatic rings. The molecule has 2 aromatic rings. The summed E-state index contributed by atoms with van der Waals surface area (Å²) in [5.41, 5.74) is 0.688. The predicted octanol–water partition coefficient (Wildman–Crippen LogP) is 1.75. The lowest BCUT2D eigenvalue weighted by molar-refractivity contribution is -0.135. The van der Waals surface area contributed by atoms with Crippen molar-refractivity contribution >= 4 is 23.6 Å². The highest BCUT2D eigenvalue weighted by molar-refractivity contribution is 5.95. The van der Waals surface area contributed by atoms with Crippen molar-refractivity contribution in [3.63, 3.8) is 0 Å². The molecule has 6 N–H and O–H groups in total. The summed E-state index contributed by atoms with van der Waals surface area (Å²) < 4.78 is 25.9. The fourth-order valence-electron chi connectivity index (χ4n) is 4.57. The summed E-state index contributed by atoms with van der Waals surface area (Å²) in [6.45, 7) is 6.17. The van der Waals surface area contributed by atoms with Crippen LogP contribution in [-0.4, -0.2) is 73.7 Å². The zero-order chi connectivity index (χ0) is 32.2. The zero-order valence-electron chi connectivity index (χ0n) is 25.5. The number of carbonyl (C=O) groups is 4. The first-order chi connectivity index (χ1) is 21.0. The van der Waals surface area contributed by atoms with Crippen LogP contribution >= 0.6 is 0 Å². The highest BCUT2D eigenvalue weighted by Gasteiger charge is 2.32. The van der Waals surface area contributed by atoms with Crippen molar-refractivity contribution in [2.45, 2.75) is 64.8 Å². The summed E-state index contributed by atoms with van der Waals surface area (Å²) in [7, 11) is 1.44. The van der Waals surface area contributed by atoms with E-state index in [9.17, 15) is 28.7 Å². The van der Waals surface area contributed by atoms with Crippen LogP contribution < -0.4 is 36.1 Å². The molecule has 240 valence electrons. The fourth-order valence-corrected chi connectivity index (χ4v) is 4.57. The third-order valence-electron chi connectivity index (χ3n) is 7.27. The van der Waals surface area contributed by atoms with E-state index in [0.29, 0.717) is 49.4 Å². The van der Waals surface area contributed by atoms with Crippen molar-refractivity contribution in [1.29, 1.82) is 0 Å². The number of methoxy groups -OCH3 is 1. The van der Waals surface area contributed by atoms with Crippen molar-refractivity contribution < 1.29 is 38.1 Å². The number of hydrogen-bond donors (Lipinski definition) is 6. The Bertz CT molecular complexity index is 1320. The van der Waals surface area contributed by atoms with Crippen LogP contribution in [0.5, 0.6) is 17.2 Å². The van der Waals surface area contributed by atoms with Gasteiger partial charge in [0.1, 0.15) is 23.7 Å². The molecular weight excluding hydrogens is 573 g/mol. The van der Waals surface area contributed by atoms with Gasteiger partial charge in [-0.2, -0.15) is 0 Å². The maximum Gasteiger partial charge on any atom is 0.251 e. The van der Waals surface area contributed by atoms with Crippen LogP contribution in [0.1, 0.15) is 56.0 Å². The highest BCUT2D eigenvalue weighted by atomic mass is 19.1. The number of amides is 4. The number of rotatable bonds is 4. The van der Waals surface area contributed by atoms with Crippen molar-refractivity contribution in [3.05, 3.63) is 53.3 Å². The summed E-state index contributed by atoms with van der Waals surface area (Å²) >= 11 is 0. The van der Waals surface area contributed by atoms with E-state index in [1.54, 1.807) is 19.1 Å². The Labute approximate surface area is 256 Å². The largest absolute Gasteiger partial charge is 0.493 e. The molecule has 0 saturated heterocycles. The first kappa shape index (κ1) is 34.3. The van der Waals surface area contributed by atoms with Crippen LogP contribution in [0.2, 0.25) is 0 Å². The van der Waals surface area contributed by atoms with E-state index in [2.05, 4.69) is 26.6 Å². The molecule has 1 heterocycles. The van der Waals surface area contributed by atoms with Crippen LogP contribution in [0.15, 0.2) is 36.4 Å². The van der Waals surface area contributed by atoms with Gasteiger partial charge >= 0.3 is 0 Å². The molecule has 0 aliphatic carbocycles. The molecule has 4 atom stereocenters. The number of benzene rings is 2. The quantitative estimate of drug-likeness (QED) is 0.303. The molecule has 0 saturated carbocycles. The van der Waals surface area contributed by atoms with Gasteiger partial charge in [0.2, 0.25) is 17.7 Å². The lowest BCUT2D eigenvalue weighted by atomic mass is 9.97. The van der Waals surface area contributed by atoms with Gasteiger partial charge in [-0.3, -0.25) is 19.2 Å². The molecule has 13 heteroatoms. The first-order valence-corrected chi connectivity index (χ1v) is 14.7. The Hall–Kier alpha value is -4.23. The summed E-state index contributed by atoms with van der Waals surface area (Å²) in [5, 5.41) is 24.1. The van der Waals surface area contributed by atoms with Gasteiger partial charge in [0.05, 0.1) is 13.2 Å². The Morgan fingerprint density at radius 1 is 0.977 bits per heavy atom. The number of aliphatic hydroxyl groups excluding tert-OH is 1. The molecule has 0 fully saturated rings. The van der Waals surface area contributed by atoms with E-state index in [1.165, 1.54) is 38.3 Å². The minimum atomic E-state index is -1.27. The van der Waals surface area contributed by atoms with Crippen LogP contribution in [0.3, 0.4) is 0 Å². The molecule has 12 nitrogen and oxygen atoms in total. The normalized spacial score (nSPS) is 20.9. The molecule has 4 bridgehead atoms. The van der Waals surface area contributed by atoms with Gasteiger partial charge in [0.15, 0.2) is 11.5 Å². The first-order valence-electron chi connectivity index (χ1n) is 14.7. The van der Waals surface area contributed by atoms with Crippen molar-refractivity contribution in [1.82, 2.24) is 26.6 Å². The van der Waals surface area contributed by atoms with Gasteiger partial charge in [0.25, 0.3) is 5.91 Å². The molecule has 3 rings (SSSR count). The standard InChI is InChI=1S/C31H42FN5O7/c1-5-18(2)27-30(41)35-17-20-13-22(32)16-23(14-20)44-25-15-21(8-9-24(25)43-4)29(40)34-12-11-33-10-6-7-26(39)36-28(19(3)38)31(42)37-27/h8-9,13-16,18-19,27-28,33,38H,5-7,10-12,17H2,1-4H3,(H,34,40)(H,35,41)(H,36,39)(H,37,42)/t18-,19+,27-,28-/m0/s1. The molecule has 0 aromatic heterocycles. The van der Waals surface area contributed by atoms with Crippen molar-refractivity contribution in [3.8, 4) is 17.2 Å². The molecule has 4 amide bonds. The van der Waals surface area contributed by atoms with Crippen molar-refractivity contribution in [2.24, 2.45) is 5.92 Å². The van der Waals surface area contributed by atoms with Crippen LogP contribution in [0.4, 0.5) is 4.39 Å². The summed E-state index contributed by atoms with van der Waals surface area (Å²) in [5.74, 6) is -2.27. The van der Waals surface area contributed by atoms with Crippen LogP contribution in [0.25, 0.3) is 0 Å². The number of halogens is 1.